The molecule has 0 atom stereocenters. The molecule has 0 aliphatic carbocycles. The van der Waals surface area contributed by atoms with Gasteiger partial charge in [-0.3, -0.25) is 0 Å². The molecule has 0 saturated carbocycles. The predicted molar refractivity (Wildman–Crippen MR) is 61.3 cm³/mol. The number of nitrogens with zero attached hydrogens (tertiary/aromatic N) is 1. The van der Waals surface area contributed by atoms with Gasteiger partial charge in [0.1, 0.15) is 0 Å². The molecule has 0 aromatic heterocycles. The van der Waals surface area contributed by atoms with Gasteiger partial charge in [0.05, 0.1) is 11.8 Å². The summed E-state index contributed by atoms with van der Waals surface area (Å²) < 4.78 is 0.912. The van der Waals surface area contributed by atoms with Crippen LogP contribution in [-0.4, -0.2) is 0 Å². The van der Waals surface area contributed by atoms with Crippen LogP contribution < -0.4 is 5.73 Å². The molecule has 1 aromatic carbocycles. The molecular formula is C11H11BrN2. The normalized spacial score (nSPS) is 11.9. The SMILES string of the molecule is C/C(C#N)=C(/N)c1cc(C)ccc1Br. The van der Waals surface area contributed by atoms with E-state index in [0.717, 1.165) is 15.6 Å². The van der Waals surface area contributed by atoms with Crippen molar-refractivity contribution in [2.75, 3.05) is 0 Å². The standard InChI is InChI=1S/C11H11BrN2/c1-7-3-4-10(12)9(5-7)11(14)8(2)6-13/h3-5H,14H2,1-2H3/b11-8-. The van der Waals surface area contributed by atoms with Crippen LogP contribution in [-0.2, 0) is 0 Å². The highest BCUT2D eigenvalue weighted by atomic mass is 79.9. The Morgan fingerprint density at radius 3 is 2.71 bits per heavy atom. The zero-order chi connectivity index (χ0) is 10.7. The van der Waals surface area contributed by atoms with Crippen molar-refractivity contribution >= 4 is 21.6 Å². The molecular weight excluding hydrogens is 240 g/mol. The van der Waals surface area contributed by atoms with Crippen LogP contribution in [0.2, 0.25) is 0 Å². The molecule has 0 spiro atoms. The molecule has 0 saturated heterocycles. The Kier molecular flexibility index (Phi) is 3.32. The van der Waals surface area contributed by atoms with Gasteiger partial charge in [0.15, 0.2) is 0 Å². The van der Waals surface area contributed by atoms with Gasteiger partial charge >= 0.3 is 0 Å². The van der Waals surface area contributed by atoms with E-state index in [0.29, 0.717) is 11.3 Å². The first kappa shape index (κ1) is 10.8. The molecule has 2 N–H and O–H groups in total. The van der Waals surface area contributed by atoms with Crippen molar-refractivity contribution in [1.29, 1.82) is 5.26 Å². The minimum atomic E-state index is 0.531. The Morgan fingerprint density at radius 2 is 2.14 bits per heavy atom. The minimum Gasteiger partial charge on any atom is -0.397 e. The fraction of sp³-hybridized carbons (Fsp3) is 0.182. The highest BCUT2D eigenvalue weighted by Crippen LogP contribution is 2.24. The van der Waals surface area contributed by atoms with Crippen LogP contribution in [0.1, 0.15) is 18.1 Å². The summed E-state index contributed by atoms with van der Waals surface area (Å²) in [5, 5.41) is 8.72. The number of aryl methyl sites for hydroxylation is 1. The Morgan fingerprint density at radius 1 is 1.50 bits per heavy atom. The average molecular weight is 251 g/mol. The lowest BCUT2D eigenvalue weighted by molar-refractivity contribution is 1.36. The van der Waals surface area contributed by atoms with Crippen LogP contribution in [0, 0.1) is 18.3 Å². The van der Waals surface area contributed by atoms with Crippen molar-refractivity contribution in [2.24, 2.45) is 5.73 Å². The molecule has 0 fully saturated rings. The van der Waals surface area contributed by atoms with Crippen molar-refractivity contribution in [3.05, 3.63) is 39.4 Å². The van der Waals surface area contributed by atoms with Gasteiger partial charge in [0, 0.05) is 15.6 Å². The maximum absolute atomic E-state index is 8.72. The lowest BCUT2D eigenvalue weighted by Gasteiger charge is -2.06. The van der Waals surface area contributed by atoms with Crippen LogP contribution in [0.4, 0.5) is 0 Å². The molecule has 0 amide bonds. The lowest BCUT2D eigenvalue weighted by atomic mass is 10.1. The first-order valence-corrected chi connectivity index (χ1v) is 4.98. The number of nitrogens with two attached hydrogens (primary N) is 1. The number of hydrogen-bond donors (Lipinski definition) is 1. The molecule has 0 aliphatic rings. The number of hydrogen-bond acceptors (Lipinski definition) is 2. The quantitative estimate of drug-likeness (QED) is 0.780. The molecule has 2 nitrogen and oxygen atoms in total. The van der Waals surface area contributed by atoms with E-state index in [4.69, 9.17) is 11.0 Å². The monoisotopic (exact) mass is 250 g/mol. The van der Waals surface area contributed by atoms with Crippen LogP contribution in [0.25, 0.3) is 5.70 Å². The number of rotatable bonds is 1. The van der Waals surface area contributed by atoms with E-state index in [1.807, 2.05) is 31.2 Å². The molecule has 0 radical (unpaired) electrons. The molecule has 3 heteroatoms. The van der Waals surface area contributed by atoms with Gasteiger partial charge in [0.25, 0.3) is 0 Å². The van der Waals surface area contributed by atoms with Crippen molar-refractivity contribution in [1.82, 2.24) is 0 Å². The van der Waals surface area contributed by atoms with E-state index >= 15 is 0 Å². The molecule has 0 bridgehead atoms. The zero-order valence-corrected chi connectivity index (χ0v) is 9.72. The first-order valence-electron chi connectivity index (χ1n) is 4.19. The van der Waals surface area contributed by atoms with Gasteiger partial charge in [0.2, 0.25) is 0 Å². The molecule has 1 aromatic rings. The Labute approximate surface area is 92.2 Å². The highest BCUT2D eigenvalue weighted by molar-refractivity contribution is 9.10. The maximum atomic E-state index is 8.72. The summed E-state index contributed by atoms with van der Waals surface area (Å²) in [6.45, 7) is 3.70. The third kappa shape index (κ3) is 2.15. The van der Waals surface area contributed by atoms with Crippen molar-refractivity contribution < 1.29 is 0 Å². The third-order valence-corrected chi connectivity index (χ3v) is 2.68. The van der Waals surface area contributed by atoms with Crippen molar-refractivity contribution in [3.8, 4) is 6.07 Å². The number of halogens is 1. The van der Waals surface area contributed by atoms with Gasteiger partial charge in [-0.15, -0.1) is 0 Å². The number of allylic oxidation sites excluding steroid dienone is 1. The van der Waals surface area contributed by atoms with E-state index in [9.17, 15) is 0 Å². The average Bonchev–Trinajstić information content (AvgIpc) is 2.19. The molecule has 72 valence electrons. The Balaban J connectivity index is 3.34. The van der Waals surface area contributed by atoms with Gasteiger partial charge in [-0.2, -0.15) is 5.26 Å². The Bertz CT molecular complexity index is 427. The van der Waals surface area contributed by atoms with Gasteiger partial charge in [-0.25, -0.2) is 0 Å². The van der Waals surface area contributed by atoms with E-state index < -0.39 is 0 Å². The molecule has 0 aliphatic heterocycles. The van der Waals surface area contributed by atoms with E-state index in [1.165, 1.54) is 0 Å². The molecule has 1 rings (SSSR count). The summed E-state index contributed by atoms with van der Waals surface area (Å²) in [5.41, 5.74) is 8.92. The number of benzene rings is 1. The molecule has 0 heterocycles. The number of nitriles is 1. The van der Waals surface area contributed by atoms with Crippen LogP contribution >= 0.6 is 15.9 Å². The maximum Gasteiger partial charge on any atom is 0.0965 e. The van der Waals surface area contributed by atoms with E-state index in [-0.39, 0.29) is 0 Å². The van der Waals surface area contributed by atoms with Gasteiger partial charge in [-0.1, -0.05) is 27.6 Å². The second-order valence-corrected chi connectivity index (χ2v) is 3.99. The summed E-state index contributed by atoms with van der Waals surface area (Å²) in [4.78, 5) is 0. The topological polar surface area (TPSA) is 49.8 Å². The highest BCUT2D eigenvalue weighted by Gasteiger charge is 2.05. The summed E-state index contributed by atoms with van der Waals surface area (Å²) >= 11 is 3.40. The van der Waals surface area contributed by atoms with Gasteiger partial charge in [-0.05, 0) is 26.0 Å². The molecule has 0 unspecified atom stereocenters. The van der Waals surface area contributed by atoms with Crippen LogP contribution in [0.3, 0.4) is 0 Å². The second kappa shape index (κ2) is 4.30. The summed E-state index contributed by atoms with van der Waals surface area (Å²) in [6, 6.07) is 7.92. The third-order valence-electron chi connectivity index (χ3n) is 1.98. The molecule has 14 heavy (non-hydrogen) atoms. The fourth-order valence-corrected chi connectivity index (χ4v) is 1.57. The van der Waals surface area contributed by atoms with Gasteiger partial charge < -0.3 is 5.73 Å². The summed E-state index contributed by atoms with van der Waals surface area (Å²) in [6.07, 6.45) is 0. The van der Waals surface area contributed by atoms with E-state index in [1.54, 1.807) is 6.92 Å². The first-order chi connectivity index (χ1) is 6.56. The van der Waals surface area contributed by atoms with Crippen LogP contribution in [0.5, 0.6) is 0 Å². The summed E-state index contributed by atoms with van der Waals surface area (Å²) in [7, 11) is 0. The smallest absolute Gasteiger partial charge is 0.0965 e. The zero-order valence-electron chi connectivity index (χ0n) is 8.13. The Hall–Kier alpha value is -1.27. The van der Waals surface area contributed by atoms with Crippen LogP contribution in [0.15, 0.2) is 28.2 Å². The summed E-state index contributed by atoms with van der Waals surface area (Å²) in [5.74, 6) is 0. The lowest BCUT2D eigenvalue weighted by Crippen LogP contribution is -2.00. The van der Waals surface area contributed by atoms with Crippen molar-refractivity contribution in [3.63, 3.8) is 0 Å². The fourth-order valence-electron chi connectivity index (χ4n) is 1.11. The predicted octanol–water partition coefficient (Wildman–Crippen LogP) is 2.97. The van der Waals surface area contributed by atoms with E-state index in [2.05, 4.69) is 15.9 Å². The van der Waals surface area contributed by atoms with Crippen molar-refractivity contribution in [2.45, 2.75) is 13.8 Å². The minimum absolute atomic E-state index is 0.531. The second-order valence-electron chi connectivity index (χ2n) is 3.13. The largest absolute Gasteiger partial charge is 0.397 e.